The molecule has 0 spiro atoms. The lowest BCUT2D eigenvalue weighted by molar-refractivity contribution is -0.0165. The maximum Gasteiger partial charge on any atom is 0.139 e. The summed E-state index contributed by atoms with van der Waals surface area (Å²) >= 11 is 3.40. The summed E-state index contributed by atoms with van der Waals surface area (Å²) in [4.78, 5) is 0. The molecule has 0 aliphatic carbocycles. The number of hydrogen-bond acceptors (Lipinski definition) is 3. The van der Waals surface area contributed by atoms with Gasteiger partial charge < -0.3 is 14.6 Å². The summed E-state index contributed by atoms with van der Waals surface area (Å²) in [6, 6.07) is 5.60. The van der Waals surface area contributed by atoms with Crippen molar-refractivity contribution in [3.8, 4) is 5.75 Å². The molecule has 1 N–H and O–H groups in total. The van der Waals surface area contributed by atoms with Crippen LogP contribution < -0.4 is 4.74 Å². The number of aliphatic hydroxyl groups is 1. The van der Waals surface area contributed by atoms with E-state index in [0.29, 0.717) is 19.0 Å². The first-order valence-corrected chi connectivity index (χ1v) is 6.38. The number of benzene rings is 1. The van der Waals surface area contributed by atoms with E-state index in [-0.39, 0.29) is 12.2 Å². The molecule has 0 saturated carbocycles. The summed E-state index contributed by atoms with van der Waals surface area (Å²) in [6.45, 7) is 6.97. The minimum Gasteiger partial charge on any atom is -0.490 e. The van der Waals surface area contributed by atoms with Gasteiger partial charge in [-0.2, -0.15) is 0 Å². The Morgan fingerprint density at radius 1 is 1.24 bits per heavy atom. The highest BCUT2D eigenvalue weighted by Crippen LogP contribution is 2.29. The van der Waals surface area contributed by atoms with Gasteiger partial charge in [0.1, 0.15) is 12.4 Å². The van der Waals surface area contributed by atoms with Crippen LogP contribution in [0.3, 0.4) is 0 Å². The van der Waals surface area contributed by atoms with Crippen molar-refractivity contribution in [1.82, 2.24) is 0 Å². The first-order chi connectivity index (χ1) is 7.94. The fourth-order valence-electron chi connectivity index (χ4n) is 1.33. The van der Waals surface area contributed by atoms with Crippen molar-refractivity contribution in [2.75, 3.05) is 13.2 Å². The molecule has 0 unspecified atom stereocenters. The van der Waals surface area contributed by atoms with Gasteiger partial charge in [0.25, 0.3) is 0 Å². The van der Waals surface area contributed by atoms with Gasteiger partial charge in [-0.15, -0.1) is 0 Å². The van der Waals surface area contributed by atoms with Crippen molar-refractivity contribution in [1.29, 1.82) is 0 Å². The van der Waals surface area contributed by atoms with Crippen LogP contribution in [0.2, 0.25) is 0 Å². The van der Waals surface area contributed by atoms with Gasteiger partial charge in [0, 0.05) is 5.56 Å². The van der Waals surface area contributed by atoms with Crippen molar-refractivity contribution < 1.29 is 14.6 Å². The van der Waals surface area contributed by atoms with Crippen molar-refractivity contribution in [3.63, 3.8) is 0 Å². The number of ether oxygens (including phenoxy) is 2. The fourth-order valence-corrected chi connectivity index (χ4v) is 1.85. The molecule has 17 heavy (non-hydrogen) atoms. The lowest BCUT2D eigenvalue weighted by Gasteiger charge is -2.20. The molecule has 1 aromatic carbocycles. The molecular weight excluding hydrogens is 284 g/mol. The predicted molar refractivity (Wildman–Crippen MR) is 71.3 cm³/mol. The summed E-state index contributed by atoms with van der Waals surface area (Å²) in [5.41, 5.74) is 0.618. The third-order valence-corrected chi connectivity index (χ3v) is 2.71. The molecule has 96 valence electrons. The van der Waals surface area contributed by atoms with Crippen molar-refractivity contribution in [2.24, 2.45) is 0 Å². The third kappa shape index (κ3) is 5.06. The number of rotatable bonds is 5. The maximum absolute atomic E-state index is 9.20. The Morgan fingerprint density at radius 2 is 1.94 bits per heavy atom. The average Bonchev–Trinajstić information content (AvgIpc) is 2.24. The lowest BCUT2D eigenvalue weighted by Crippen LogP contribution is -2.22. The largest absolute Gasteiger partial charge is 0.490 e. The van der Waals surface area contributed by atoms with Crippen molar-refractivity contribution >= 4 is 15.9 Å². The van der Waals surface area contributed by atoms with E-state index < -0.39 is 0 Å². The molecule has 0 fully saturated rings. The van der Waals surface area contributed by atoms with E-state index in [1.807, 2.05) is 39.0 Å². The van der Waals surface area contributed by atoms with Gasteiger partial charge in [-0.1, -0.05) is 12.1 Å². The third-order valence-electron chi connectivity index (χ3n) is 2.08. The first-order valence-electron chi connectivity index (χ1n) is 5.59. The summed E-state index contributed by atoms with van der Waals surface area (Å²) < 4.78 is 12.0. The fraction of sp³-hybridized carbons (Fsp3) is 0.538. The smallest absolute Gasteiger partial charge is 0.139 e. The molecule has 0 atom stereocenters. The van der Waals surface area contributed by atoms with E-state index in [2.05, 4.69) is 15.9 Å². The van der Waals surface area contributed by atoms with E-state index in [0.717, 1.165) is 10.0 Å². The molecule has 4 heteroatoms. The summed E-state index contributed by atoms with van der Waals surface area (Å²) in [5.74, 6) is 0.688. The van der Waals surface area contributed by atoms with E-state index in [9.17, 15) is 5.11 Å². The molecule has 1 rings (SSSR count). The predicted octanol–water partition coefficient (Wildman–Crippen LogP) is 3.14. The SMILES string of the molecule is CC(C)(C)OCCOc1c(Br)cccc1CO. The quantitative estimate of drug-likeness (QED) is 0.849. The van der Waals surface area contributed by atoms with Gasteiger partial charge >= 0.3 is 0 Å². The minimum atomic E-state index is -0.156. The van der Waals surface area contributed by atoms with Crippen LogP contribution >= 0.6 is 15.9 Å². The average molecular weight is 303 g/mol. The zero-order valence-electron chi connectivity index (χ0n) is 10.5. The maximum atomic E-state index is 9.20. The van der Waals surface area contributed by atoms with Gasteiger partial charge in [0.15, 0.2) is 0 Å². The second kappa shape index (κ2) is 6.38. The zero-order chi connectivity index (χ0) is 12.9. The Morgan fingerprint density at radius 3 is 2.53 bits per heavy atom. The van der Waals surface area contributed by atoms with E-state index in [4.69, 9.17) is 9.47 Å². The molecule has 0 aliphatic heterocycles. The topological polar surface area (TPSA) is 38.7 Å². The van der Waals surface area contributed by atoms with Crippen LogP contribution in [-0.2, 0) is 11.3 Å². The van der Waals surface area contributed by atoms with Crippen molar-refractivity contribution in [2.45, 2.75) is 33.0 Å². The van der Waals surface area contributed by atoms with Crippen molar-refractivity contribution in [3.05, 3.63) is 28.2 Å². The van der Waals surface area contributed by atoms with Crippen LogP contribution in [-0.4, -0.2) is 23.9 Å². The molecule has 0 bridgehead atoms. The Hall–Kier alpha value is -0.580. The molecule has 0 saturated heterocycles. The van der Waals surface area contributed by atoms with Gasteiger partial charge in [-0.3, -0.25) is 0 Å². The van der Waals surface area contributed by atoms with Gasteiger partial charge in [-0.25, -0.2) is 0 Å². The first kappa shape index (κ1) is 14.5. The van der Waals surface area contributed by atoms with Crippen LogP contribution in [0.4, 0.5) is 0 Å². The second-order valence-corrected chi connectivity index (χ2v) is 5.55. The summed E-state index contributed by atoms with van der Waals surface area (Å²) in [6.07, 6.45) is 0. The highest BCUT2D eigenvalue weighted by atomic mass is 79.9. The lowest BCUT2D eigenvalue weighted by atomic mass is 10.2. The number of hydrogen-bond donors (Lipinski definition) is 1. The van der Waals surface area contributed by atoms with E-state index in [1.165, 1.54) is 0 Å². The molecule has 0 aromatic heterocycles. The number of para-hydroxylation sites is 1. The Kier molecular flexibility index (Phi) is 5.43. The Labute approximate surface area is 111 Å². The van der Waals surface area contributed by atoms with E-state index >= 15 is 0 Å². The van der Waals surface area contributed by atoms with Gasteiger partial charge in [-0.05, 0) is 42.8 Å². The van der Waals surface area contributed by atoms with Crippen LogP contribution in [0.1, 0.15) is 26.3 Å². The molecule has 0 radical (unpaired) electrons. The highest BCUT2D eigenvalue weighted by molar-refractivity contribution is 9.10. The standard InChI is InChI=1S/C13H19BrO3/c1-13(2,3)17-8-7-16-12-10(9-15)5-4-6-11(12)14/h4-6,15H,7-9H2,1-3H3. The molecule has 0 heterocycles. The monoisotopic (exact) mass is 302 g/mol. The van der Waals surface area contributed by atoms with Crippen LogP contribution in [0.5, 0.6) is 5.75 Å². The molecular formula is C13H19BrO3. The molecule has 1 aromatic rings. The molecule has 0 amide bonds. The van der Waals surface area contributed by atoms with E-state index in [1.54, 1.807) is 0 Å². The second-order valence-electron chi connectivity index (χ2n) is 4.70. The normalized spacial score (nSPS) is 11.6. The minimum absolute atomic E-state index is 0.0328. The zero-order valence-corrected chi connectivity index (χ0v) is 12.1. The van der Waals surface area contributed by atoms with Gasteiger partial charge in [0.05, 0.1) is 23.3 Å². The summed E-state index contributed by atoms with van der Waals surface area (Å²) in [5, 5.41) is 9.20. The highest BCUT2D eigenvalue weighted by Gasteiger charge is 2.11. The number of aliphatic hydroxyl groups excluding tert-OH is 1. The number of halogens is 1. The van der Waals surface area contributed by atoms with Crippen LogP contribution in [0.15, 0.2) is 22.7 Å². The molecule has 3 nitrogen and oxygen atoms in total. The Bertz CT molecular complexity index is 358. The summed E-state index contributed by atoms with van der Waals surface area (Å²) in [7, 11) is 0. The Balaban J connectivity index is 2.52. The van der Waals surface area contributed by atoms with Crippen LogP contribution in [0.25, 0.3) is 0 Å². The van der Waals surface area contributed by atoms with Gasteiger partial charge in [0.2, 0.25) is 0 Å². The van der Waals surface area contributed by atoms with Crippen LogP contribution in [0, 0.1) is 0 Å². The molecule has 0 aliphatic rings.